The Morgan fingerprint density at radius 3 is 1.06 bits per heavy atom. The minimum atomic E-state index is 0. The predicted molar refractivity (Wildman–Crippen MR) is 71.7 cm³/mol. The largest absolute Gasteiger partial charge is 0.497 e. The first-order valence-electron chi connectivity index (χ1n) is 5.05. The summed E-state index contributed by atoms with van der Waals surface area (Å²) in [6.45, 7) is 0. The molecule has 0 bridgehead atoms. The minimum absolute atomic E-state index is 0. The van der Waals surface area contributed by atoms with E-state index in [1.807, 2.05) is 60.7 Å². The van der Waals surface area contributed by atoms with Gasteiger partial charge in [0.05, 0.1) is 14.2 Å². The molecule has 0 fully saturated rings. The Bertz CT molecular complexity index is 336. The number of hydrogen-bond donors (Lipinski definition) is 0. The van der Waals surface area contributed by atoms with Gasteiger partial charge in [0.15, 0.2) is 0 Å². The van der Waals surface area contributed by atoms with Crippen LogP contribution in [0.5, 0.6) is 11.5 Å². The van der Waals surface area contributed by atoms with Crippen LogP contribution >= 0.6 is 0 Å². The summed E-state index contributed by atoms with van der Waals surface area (Å²) in [5.41, 5.74) is 0. The molecule has 3 radical (unpaired) electrons. The van der Waals surface area contributed by atoms with Crippen molar-refractivity contribution in [3.63, 3.8) is 0 Å². The first-order valence-corrected chi connectivity index (χ1v) is 5.05. The standard InChI is InChI=1S/2C7H8O.B/c2*1-8-7-5-3-2-4-6-7;/h2*2-6H,1H3;. The maximum absolute atomic E-state index is 4.91. The highest BCUT2D eigenvalue weighted by Crippen LogP contribution is 2.06. The molecule has 17 heavy (non-hydrogen) atoms. The van der Waals surface area contributed by atoms with Crippen LogP contribution in [0, 0.1) is 0 Å². The molecule has 3 heteroatoms. The van der Waals surface area contributed by atoms with Crippen LogP contribution in [-0.2, 0) is 0 Å². The van der Waals surface area contributed by atoms with E-state index in [9.17, 15) is 0 Å². The van der Waals surface area contributed by atoms with Crippen LogP contribution in [0.3, 0.4) is 0 Å². The maximum atomic E-state index is 4.91. The van der Waals surface area contributed by atoms with Gasteiger partial charge in [0.25, 0.3) is 0 Å². The van der Waals surface area contributed by atoms with Crippen LogP contribution in [0.25, 0.3) is 0 Å². The van der Waals surface area contributed by atoms with Crippen molar-refractivity contribution in [3.8, 4) is 11.5 Å². The van der Waals surface area contributed by atoms with Crippen molar-refractivity contribution in [1.82, 2.24) is 0 Å². The van der Waals surface area contributed by atoms with Gasteiger partial charge in [0.2, 0.25) is 0 Å². The highest BCUT2D eigenvalue weighted by Gasteiger charge is 1.80. The molecule has 0 saturated carbocycles. The molecule has 0 spiro atoms. The minimum Gasteiger partial charge on any atom is -0.497 e. The maximum Gasteiger partial charge on any atom is 0.118 e. The summed E-state index contributed by atoms with van der Waals surface area (Å²) in [4.78, 5) is 0. The van der Waals surface area contributed by atoms with Gasteiger partial charge >= 0.3 is 0 Å². The monoisotopic (exact) mass is 227 g/mol. The van der Waals surface area contributed by atoms with Crippen LogP contribution in [0.15, 0.2) is 60.7 Å². The second-order valence-corrected chi connectivity index (χ2v) is 3.03. The van der Waals surface area contributed by atoms with Gasteiger partial charge in [-0.05, 0) is 24.3 Å². The van der Waals surface area contributed by atoms with E-state index >= 15 is 0 Å². The third-order valence-electron chi connectivity index (χ3n) is 1.96. The van der Waals surface area contributed by atoms with E-state index in [1.54, 1.807) is 14.2 Å². The van der Waals surface area contributed by atoms with Crippen molar-refractivity contribution in [2.45, 2.75) is 0 Å². The van der Waals surface area contributed by atoms with E-state index < -0.39 is 0 Å². The summed E-state index contributed by atoms with van der Waals surface area (Å²) in [6.07, 6.45) is 0. The summed E-state index contributed by atoms with van der Waals surface area (Å²) in [6, 6.07) is 19.4. The van der Waals surface area contributed by atoms with Gasteiger partial charge in [0, 0.05) is 8.41 Å². The lowest BCUT2D eigenvalue weighted by Crippen LogP contribution is -1.78. The fourth-order valence-corrected chi connectivity index (χ4v) is 1.11. The van der Waals surface area contributed by atoms with Crippen LogP contribution < -0.4 is 9.47 Å². The summed E-state index contributed by atoms with van der Waals surface area (Å²) in [5, 5.41) is 0. The van der Waals surface area contributed by atoms with Crippen molar-refractivity contribution in [1.29, 1.82) is 0 Å². The number of ether oxygens (including phenoxy) is 2. The second-order valence-electron chi connectivity index (χ2n) is 3.03. The number of rotatable bonds is 2. The Labute approximate surface area is 105 Å². The quantitative estimate of drug-likeness (QED) is 0.734. The SMILES string of the molecule is COc1ccccc1.COc1ccccc1.[B]. The topological polar surface area (TPSA) is 18.5 Å². The zero-order chi connectivity index (χ0) is 11.6. The van der Waals surface area contributed by atoms with Crippen LogP contribution in [-0.4, -0.2) is 22.6 Å². The van der Waals surface area contributed by atoms with Crippen LogP contribution in [0.1, 0.15) is 0 Å². The van der Waals surface area contributed by atoms with Gasteiger partial charge in [-0.1, -0.05) is 36.4 Å². The normalized spacial score (nSPS) is 8.12. The van der Waals surface area contributed by atoms with Crippen molar-refractivity contribution in [2.75, 3.05) is 14.2 Å². The first-order chi connectivity index (χ1) is 7.86. The van der Waals surface area contributed by atoms with Gasteiger partial charge < -0.3 is 9.47 Å². The zero-order valence-corrected chi connectivity index (χ0v) is 10.2. The third kappa shape index (κ3) is 6.31. The zero-order valence-electron chi connectivity index (χ0n) is 10.2. The Hall–Kier alpha value is -1.90. The number of para-hydroxylation sites is 2. The molecule has 0 aliphatic carbocycles. The molecule has 2 nitrogen and oxygen atoms in total. The predicted octanol–water partition coefficient (Wildman–Crippen LogP) is 3.01. The number of hydrogen-bond acceptors (Lipinski definition) is 2. The highest BCUT2D eigenvalue weighted by molar-refractivity contribution is 5.75. The fourth-order valence-electron chi connectivity index (χ4n) is 1.11. The molecule has 0 aromatic heterocycles. The van der Waals surface area contributed by atoms with Gasteiger partial charge in [-0.15, -0.1) is 0 Å². The molecule has 0 aliphatic heterocycles. The molecule has 87 valence electrons. The van der Waals surface area contributed by atoms with Crippen LogP contribution in [0.4, 0.5) is 0 Å². The average Bonchev–Trinajstić information content (AvgIpc) is 2.41. The molecule has 0 saturated heterocycles. The lowest BCUT2D eigenvalue weighted by Gasteiger charge is -1.93. The van der Waals surface area contributed by atoms with Gasteiger partial charge in [-0.25, -0.2) is 0 Å². The molecule has 2 rings (SSSR count). The fraction of sp³-hybridized carbons (Fsp3) is 0.143. The smallest absolute Gasteiger partial charge is 0.118 e. The molecule has 0 amide bonds. The lowest BCUT2D eigenvalue weighted by atomic mass is 10.3. The summed E-state index contributed by atoms with van der Waals surface area (Å²) >= 11 is 0. The average molecular weight is 227 g/mol. The Morgan fingerprint density at radius 2 is 0.882 bits per heavy atom. The molecular weight excluding hydrogens is 211 g/mol. The van der Waals surface area contributed by atoms with Crippen LogP contribution in [0.2, 0.25) is 0 Å². The van der Waals surface area contributed by atoms with E-state index in [0.717, 1.165) is 11.5 Å². The molecule has 0 aliphatic rings. The van der Waals surface area contributed by atoms with E-state index in [2.05, 4.69) is 0 Å². The highest BCUT2D eigenvalue weighted by atomic mass is 16.5. The Morgan fingerprint density at radius 1 is 0.588 bits per heavy atom. The molecule has 2 aromatic rings. The summed E-state index contributed by atoms with van der Waals surface area (Å²) < 4.78 is 9.83. The molecule has 2 aromatic carbocycles. The Kier molecular flexibility index (Phi) is 8.30. The lowest BCUT2D eigenvalue weighted by molar-refractivity contribution is 0.414. The van der Waals surface area contributed by atoms with E-state index in [0.29, 0.717) is 0 Å². The van der Waals surface area contributed by atoms with E-state index in [4.69, 9.17) is 9.47 Å². The summed E-state index contributed by atoms with van der Waals surface area (Å²) in [5.74, 6) is 1.82. The second kappa shape index (κ2) is 9.34. The van der Waals surface area contributed by atoms with Crippen molar-refractivity contribution >= 4 is 8.41 Å². The van der Waals surface area contributed by atoms with Crippen molar-refractivity contribution < 1.29 is 9.47 Å². The number of benzene rings is 2. The van der Waals surface area contributed by atoms with Gasteiger partial charge in [-0.3, -0.25) is 0 Å². The van der Waals surface area contributed by atoms with E-state index in [-0.39, 0.29) is 8.41 Å². The van der Waals surface area contributed by atoms with Gasteiger partial charge in [-0.2, -0.15) is 0 Å². The molecular formula is C14H16BO2. The molecule has 0 atom stereocenters. The van der Waals surface area contributed by atoms with Crippen molar-refractivity contribution in [2.24, 2.45) is 0 Å². The Balaban J connectivity index is 0.000000284. The molecule has 0 unspecified atom stereocenters. The summed E-state index contributed by atoms with van der Waals surface area (Å²) in [7, 11) is 3.32. The van der Waals surface area contributed by atoms with E-state index in [1.165, 1.54) is 0 Å². The molecule has 0 heterocycles. The van der Waals surface area contributed by atoms with Gasteiger partial charge in [0.1, 0.15) is 11.5 Å². The number of methoxy groups -OCH3 is 2. The first kappa shape index (κ1) is 15.1. The molecule has 0 N–H and O–H groups in total. The van der Waals surface area contributed by atoms with Crippen molar-refractivity contribution in [3.05, 3.63) is 60.7 Å². The third-order valence-corrected chi connectivity index (χ3v) is 1.96.